The predicted molar refractivity (Wildman–Crippen MR) is 144 cm³/mol. The van der Waals surface area contributed by atoms with Crippen molar-refractivity contribution in [1.29, 1.82) is 0 Å². The lowest BCUT2D eigenvalue weighted by atomic mass is 9.99. The number of tetrazole rings is 1. The van der Waals surface area contributed by atoms with Crippen LogP contribution in [0.25, 0.3) is 22.5 Å². The number of urea groups is 1. The van der Waals surface area contributed by atoms with Crippen molar-refractivity contribution in [3.8, 4) is 22.5 Å². The Kier molecular flexibility index (Phi) is 7.34. The number of nitrogens with one attached hydrogen (secondary N) is 3. The summed E-state index contributed by atoms with van der Waals surface area (Å²) >= 11 is 12.0. The zero-order valence-corrected chi connectivity index (χ0v) is 21.2. The second-order valence-corrected chi connectivity index (χ2v) is 9.54. The average molecular weight is 536 g/mol. The van der Waals surface area contributed by atoms with Gasteiger partial charge in [-0.3, -0.25) is 4.79 Å². The SMILES string of the molecule is O=C(Nc1cc(Cl)cc(Cl)c1)Nc1ccc(-c2ccc(C(=O)N3CCCCC3)cc2)cc1-c1nn[nH]n1. The summed E-state index contributed by atoms with van der Waals surface area (Å²) in [5.74, 6) is 0.380. The van der Waals surface area contributed by atoms with Gasteiger partial charge in [0.1, 0.15) is 0 Å². The third kappa shape index (κ3) is 5.90. The molecule has 9 nitrogen and oxygen atoms in total. The fourth-order valence-electron chi connectivity index (χ4n) is 4.29. The highest BCUT2D eigenvalue weighted by atomic mass is 35.5. The number of halogens is 2. The second-order valence-electron chi connectivity index (χ2n) is 8.66. The summed E-state index contributed by atoms with van der Waals surface area (Å²) in [6.45, 7) is 1.61. The summed E-state index contributed by atoms with van der Waals surface area (Å²) in [6, 6.07) is 17.3. The van der Waals surface area contributed by atoms with E-state index in [2.05, 4.69) is 31.3 Å². The summed E-state index contributed by atoms with van der Waals surface area (Å²) in [5.41, 5.74) is 3.94. The van der Waals surface area contributed by atoms with Gasteiger partial charge >= 0.3 is 6.03 Å². The third-order valence-corrected chi connectivity index (χ3v) is 6.52. The first-order chi connectivity index (χ1) is 18.0. The van der Waals surface area contributed by atoms with Crippen LogP contribution in [0.5, 0.6) is 0 Å². The molecule has 1 saturated heterocycles. The standard InChI is InChI=1S/C26H23Cl2N7O2/c27-19-13-20(28)15-21(14-19)29-26(37)30-23-9-8-18(12-22(23)24-31-33-34-32-24)16-4-6-17(7-5-16)25(36)35-10-2-1-3-11-35/h4-9,12-15H,1-3,10-11H2,(H2,29,30,37)(H,31,32,33,34). The van der Waals surface area contributed by atoms with E-state index in [-0.39, 0.29) is 5.91 Å². The molecule has 4 aromatic rings. The van der Waals surface area contributed by atoms with Crippen LogP contribution >= 0.6 is 23.2 Å². The molecule has 0 unspecified atom stereocenters. The highest BCUT2D eigenvalue weighted by Gasteiger charge is 2.19. The number of amides is 3. The van der Waals surface area contributed by atoms with E-state index < -0.39 is 6.03 Å². The molecule has 0 saturated carbocycles. The molecule has 3 amide bonds. The molecule has 3 N–H and O–H groups in total. The molecule has 0 atom stereocenters. The van der Waals surface area contributed by atoms with Crippen molar-refractivity contribution < 1.29 is 9.59 Å². The molecule has 11 heteroatoms. The van der Waals surface area contributed by atoms with Crippen molar-refractivity contribution in [3.05, 3.63) is 76.3 Å². The lowest BCUT2D eigenvalue weighted by molar-refractivity contribution is 0.0724. The Morgan fingerprint density at radius 1 is 0.838 bits per heavy atom. The van der Waals surface area contributed by atoms with Crippen molar-refractivity contribution >= 4 is 46.5 Å². The van der Waals surface area contributed by atoms with Crippen molar-refractivity contribution in [2.24, 2.45) is 0 Å². The molecule has 188 valence electrons. The number of anilines is 2. The van der Waals surface area contributed by atoms with E-state index in [0.29, 0.717) is 38.4 Å². The van der Waals surface area contributed by atoms with Crippen molar-refractivity contribution in [1.82, 2.24) is 25.5 Å². The van der Waals surface area contributed by atoms with Gasteiger partial charge in [-0.25, -0.2) is 4.79 Å². The van der Waals surface area contributed by atoms with E-state index in [1.54, 1.807) is 24.3 Å². The van der Waals surface area contributed by atoms with Gasteiger partial charge in [-0.1, -0.05) is 41.4 Å². The van der Waals surface area contributed by atoms with Gasteiger partial charge < -0.3 is 15.5 Å². The normalized spacial score (nSPS) is 13.3. The minimum atomic E-state index is -0.489. The Bertz CT molecular complexity index is 1400. The Balaban J connectivity index is 1.37. The average Bonchev–Trinajstić information content (AvgIpc) is 3.43. The van der Waals surface area contributed by atoms with E-state index in [4.69, 9.17) is 23.2 Å². The molecule has 0 spiro atoms. The number of H-pyrrole nitrogens is 1. The van der Waals surface area contributed by atoms with Gasteiger partial charge in [-0.2, -0.15) is 5.21 Å². The van der Waals surface area contributed by atoms with Crippen LogP contribution in [0.15, 0.2) is 60.7 Å². The van der Waals surface area contributed by atoms with Crippen molar-refractivity contribution in [2.75, 3.05) is 23.7 Å². The lowest BCUT2D eigenvalue weighted by Crippen LogP contribution is -2.35. The number of nitrogens with zero attached hydrogens (tertiary/aromatic N) is 4. The van der Waals surface area contributed by atoms with Gasteiger partial charge in [-0.05, 0) is 78.1 Å². The van der Waals surface area contributed by atoms with Gasteiger partial charge in [0.25, 0.3) is 5.91 Å². The molecule has 1 aliphatic rings. The van der Waals surface area contributed by atoms with E-state index in [1.165, 1.54) is 6.42 Å². The van der Waals surface area contributed by atoms with Crippen molar-refractivity contribution in [3.63, 3.8) is 0 Å². The van der Waals surface area contributed by atoms with Gasteiger partial charge in [-0.15, -0.1) is 10.2 Å². The first-order valence-electron chi connectivity index (χ1n) is 11.8. The van der Waals surface area contributed by atoms with Crippen LogP contribution < -0.4 is 10.6 Å². The quantitative estimate of drug-likeness (QED) is 0.285. The number of likely N-dealkylation sites (tertiary alicyclic amines) is 1. The first kappa shape index (κ1) is 24.7. The highest BCUT2D eigenvalue weighted by molar-refractivity contribution is 6.35. The molecule has 0 bridgehead atoms. The number of hydrogen-bond donors (Lipinski definition) is 3. The molecule has 1 fully saturated rings. The Hall–Kier alpha value is -3.95. The summed E-state index contributed by atoms with van der Waals surface area (Å²) in [7, 11) is 0. The summed E-state index contributed by atoms with van der Waals surface area (Å²) in [4.78, 5) is 27.4. The van der Waals surface area contributed by atoms with E-state index >= 15 is 0 Å². The lowest BCUT2D eigenvalue weighted by Gasteiger charge is -2.26. The van der Waals surface area contributed by atoms with Gasteiger partial charge in [0, 0.05) is 39.9 Å². The zero-order valence-electron chi connectivity index (χ0n) is 19.7. The first-order valence-corrected chi connectivity index (χ1v) is 12.5. The Morgan fingerprint density at radius 3 is 2.22 bits per heavy atom. The van der Waals surface area contributed by atoms with Gasteiger partial charge in [0.15, 0.2) is 0 Å². The predicted octanol–water partition coefficient (Wildman–Crippen LogP) is 6.11. The summed E-state index contributed by atoms with van der Waals surface area (Å²) < 4.78 is 0. The fourth-order valence-corrected chi connectivity index (χ4v) is 4.82. The van der Waals surface area contributed by atoms with Crippen LogP contribution in [0.3, 0.4) is 0 Å². The highest BCUT2D eigenvalue weighted by Crippen LogP contribution is 2.31. The van der Waals surface area contributed by atoms with Crippen LogP contribution in [0.1, 0.15) is 29.6 Å². The molecular formula is C26H23Cl2N7O2. The number of rotatable bonds is 5. The maximum absolute atomic E-state index is 12.8. The maximum Gasteiger partial charge on any atom is 0.323 e. The molecule has 0 radical (unpaired) electrons. The van der Waals surface area contributed by atoms with E-state index in [9.17, 15) is 9.59 Å². The minimum Gasteiger partial charge on any atom is -0.339 e. The number of hydrogen-bond acceptors (Lipinski definition) is 5. The number of carbonyl (C=O) groups excluding carboxylic acids is 2. The van der Waals surface area contributed by atoms with Gasteiger partial charge in [0.2, 0.25) is 5.82 Å². The van der Waals surface area contributed by atoms with Crippen LogP contribution in [0, 0.1) is 0 Å². The number of benzene rings is 3. The Labute approximate surface area is 223 Å². The van der Waals surface area contributed by atoms with Crippen LogP contribution in [0.4, 0.5) is 16.2 Å². The Morgan fingerprint density at radius 2 is 1.54 bits per heavy atom. The molecule has 1 aromatic heterocycles. The smallest absolute Gasteiger partial charge is 0.323 e. The summed E-state index contributed by atoms with van der Waals surface area (Å²) in [5, 5.41) is 20.6. The van der Waals surface area contributed by atoms with Gasteiger partial charge in [0.05, 0.1) is 5.69 Å². The van der Waals surface area contributed by atoms with Crippen LogP contribution in [0.2, 0.25) is 10.0 Å². The van der Waals surface area contributed by atoms with Crippen molar-refractivity contribution in [2.45, 2.75) is 19.3 Å². The second kappa shape index (κ2) is 11.0. The molecule has 1 aliphatic heterocycles. The number of aromatic amines is 1. The monoisotopic (exact) mass is 535 g/mol. The van der Waals surface area contributed by atoms with Crippen LogP contribution in [-0.4, -0.2) is 50.6 Å². The molecule has 0 aliphatic carbocycles. The topological polar surface area (TPSA) is 116 Å². The molecular weight excluding hydrogens is 513 g/mol. The maximum atomic E-state index is 12.8. The van der Waals surface area contributed by atoms with E-state index in [0.717, 1.165) is 37.1 Å². The fraction of sp³-hybridized carbons (Fsp3) is 0.192. The number of carbonyl (C=O) groups is 2. The molecule has 37 heavy (non-hydrogen) atoms. The molecule has 2 heterocycles. The number of aromatic nitrogens is 4. The van der Waals surface area contributed by atoms with Crippen LogP contribution in [-0.2, 0) is 0 Å². The van der Waals surface area contributed by atoms with E-state index in [1.807, 2.05) is 41.3 Å². The number of piperidine rings is 1. The molecule has 5 rings (SSSR count). The zero-order chi connectivity index (χ0) is 25.8. The molecule has 3 aromatic carbocycles. The summed E-state index contributed by atoms with van der Waals surface area (Å²) in [6.07, 6.45) is 3.27. The largest absolute Gasteiger partial charge is 0.339 e. The minimum absolute atomic E-state index is 0.0605. The third-order valence-electron chi connectivity index (χ3n) is 6.08.